The van der Waals surface area contributed by atoms with E-state index in [4.69, 9.17) is 11.6 Å². The average Bonchev–Trinajstić information content (AvgIpc) is 2.87. The predicted octanol–water partition coefficient (Wildman–Crippen LogP) is 3.39. The summed E-state index contributed by atoms with van der Waals surface area (Å²) in [6, 6.07) is 2.24. The average molecular weight is 440 g/mol. The third-order valence-corrected chi connectivity index (χ3v) is 5.82. The summed E-state index contributed by atoms with van der Waals surface area (Å²) in [5.41, 5.74) is -0.673. The number of hydrogen-bond donors (Lipinski definition) is 1. The standard InChI is InChI=1S/C18H18ClN3O6S/c19-12-7-11(16(24)13(9-12)22(27)28)8-14-17(25)21(18(26)29-14)10-15(23)20-5-3-1-2-4-6-20/h7-9,24H,1-6,10H2. The van der Waals surface area contributed by atoms with E-state index >= 15 is 0 Å². The Hall–Kier alpha value is -2.59. The molecule has 0 atom stereocenters. The van der Waals surface area contributed by atoms with Crippen LogP contribution < -0.4 is 0 Å². The van der Waals surface area contributed by atoms with Gasteiger partial charge in [-0.3, -0.25) is 29.4 Å². The van der Waals surface area contributed by atoms with E-state index < -0.39 is 27.5 Å². The van der Waals surface area contributed by atoms with Crippen molar-refractivity contribution in [3.8, 4) is 5.75 Å². The van der Waals surface area contributed by atoms with Crippen LogP contribution in [0.3, 0.4) is 0 Å². The monoisotopic (exact) mass is 439 g/mol. The summed E-state index contributed by atoms with van der Waals surface area (Å²) < 4.78 is 0. The minimum atomic E-state index is -0.801. The number of aromatic hydroxyl groups is 1. The summed E-state index contributed by atoms with van der Waals surface area (Å²) in [5.74, 6) is -1.64. The van der Waals surface area contributed by atoms with Crippen LogP contribution in [-0.4, -0.2) is 56.5 Å². The number of imide groups is 1. The molecule has 0 unspecified atom stereocenters. The maximum Gasteiger partial charge on any atom is 0.312 e. The van der Waals surface area contributed by atoms with E-state index in [1.165, 1.54) is 6.07 Å². The highest BCUT2D eigenvalue weighted by molar-refractivity contribution is 8.18. The molecule has 154 valence electrons. The fourth-order valence-corrected chi connectivity index (χ4v) is 4.24. The molecule has 1 N–H and O–H groups in total. The number of carbonyl (C=O) groups excluding carboxylic acids is 3. The summed E-state index contributed by atoms with van der Waals surface area (Å²) >= 11 is 6.45. The van der Waals surface area contributed by atoms with Crippen molar-refractivity contribution in [2.24, 2.45) is 0 Å². The fourth-order valence-electron chi connectivity index (χ4n) is 3.19. The number of likely N-dealkylation sites (tertiary alicyclic amines) is 1. The van der Waals surface area contributed by atoms with Crippen molar-refractivity contribution < 1.29 is 24.4 Å². The lowest BCUT2D eigenvalue weighted by molar-refractivity contribution is -0.385. The molecule has 0 saturated carbocycles. The zero-order chi connectivity index (χ0) is 21.1. The molecule has 2 saturated heterocycles. The first-order valence-corrected chi connectivity index (χ1v) is 10.2. The van der Waals surface area contributed by atoms with Gasteiger partial charge in [-0.15, -0.1) is 0 Å². The number of carbonyl (C=O) groups is 3. The number of phenols is 1. The van der Waals surface area contributed by atoms with Gasteiger partial charge in [0, 0.05) is 29.7 Å². The van der Waals surface area contributed by atoms with Crippen LogP contribution >= 0.6 is 23.4 Å². The van der Waals surface area contributed by atoms with Gasteiger partial charge in [0.25, 0.3) is 11.1 Å². The molecule has 29 heavy (non-hydrogen) atoms. The third-order valence-electron chi connectivity index (χ3n) is 4.69. The van der Waals surface area contributed by atoms with Gasteiger partial charge in [0.2, 0.25) is 11.7 Å². The lowest BCUT2D eigenvalue weighted by atomic mass is 10.1. The molecule has 3 amide bonds. The van der Waals surface area contributed by atoms with Gasteiger partial charge in [-0.25, -0.2) is 0 Å². The van der Waals surface area contributed by atoms with Gasteiger partial charge in [0.1, 0.15) is 6.54 Å². The van der Waals surface area contributed by atoms with Gasteiger partial charge in [-0.2, -0.15) is 0 Å². The molecule has 2 fully saturated rings. The number of halogens is 1. The number of nitrogens with zero attached hydrogens (tertiary/aromatic N) is 3. The molecular weight excluding hydrogens is 422 g/mol. The zero-order valence-electron chi connectivity index (χ0n) is 15.3. The molecule has 0 aliphatic carbocycles. The number of benzene rings is 1. The van der Waals surface area contributed by atoms with Crippen molar-refractivity contribution in [3.05, 3.63) is 37.7 Å². The molecule has 2 aliphatic heterocycles. The van der Waals surface area contributed by atoms with Gasteiger partial charge < -0.3 is 10.0 Å². The van der Waals surface area contributed by atoms with Crippen LogP contribution in [0, 0.1) is 10.1 Å². The molecule has 2 aliphatic rings. The van der Waals surface area contributed by atoms with Crippen LogP contribution in [0.1, 0.15) is 31.2 Å². The summed E-state index contributed by atoms with van der Waals surface area (Å²) in [4.78, 5) is 50.0. The highest BCUT2D eigenvalue weighted by Crippen LogP contribution is 2.38. The van der Waals surface area contributed by atoms with Crippen molar-refractivity contribution >= 4 is 52.2 Å². The van der Waals surface area contributed by atoms with Crippen molar-refractivity contribution in [1.29, 1.82) is 0 Å². The second-order valence-electron chi connectivity index (χ2n) is 6.68. The number of phenolic OH excluding ortho intramolecular Hbond substituents is 1. The lowest BCUT2D eigenvalue weighted by Crippen LogP contribution is -2.42. The molecule has 9 nitrogen and oxygen atoms in total. The van der Waals surface area contributed by atoms with Crippen LogP contribution in [0.15, 0.2) is 17.0 Å². The van der Waals surface area contributed by atoms with Gasteiger partial charge in [-0.1, -0.05) is 24.4 Å². The highest BCUT2D eigenvalue weighted by atomic mass is 35.5. The second-order valence-corrected chi connectivity index (χ2v) is 8.11. The van der Waals surface area contributed by atoms with Crippen molar-refractivity contribution in [1.82, 2.24) is 9.80 Å². The van der Waals surface area contributed by atoms with Crippen LogP contribution in [0.2, 0.25) is 5.02 Å². The molecule has 0 radical (unpaired) electrons. The number of amides is 3. The Morgan fingerprint density at radius 1 is 1.24 bits per heavy atom. The topological polar surface area (TPSA) is 121 Å². The van der Waals surface area contributed by atoms with Gasteiger partial charge in [-0.05, 0) is 36.7 Å². The fraction of sp³-hybridized carbons (Fsp3) is 0.389. The van der Waals surface area contributed by atoms with Crippen molar-refractivity contribution in [2.75, 3.05) is 19.6 Å². The SMILES string of the molecule is O=C(CN1C(=O)SC(=Cc2cc(Cl)cc([N+](=O)[O-])c2O)C1=O)N1CCCCCC1. The molecule has 2 heterocycles. The van der Waals surface area contributed by atoms with Crippen LogP contribution in [0.25, 0.3) is 6.08 Å². The van der Waals surface area contributed by atoms with Crippen molar-refractivity contribution in [3.63, 3.8) is 0 Å². The minimum Gasteiger partial charge on any atom is -0.502 e. The summed E-state index contributed by atoms with van der Waals surface area (Å²) in [6.45, 7) is 0.847. The maximum atomic E-state index is 12.6. The molecule has 11 heteroatoms. The minimum absolute atomic E-state index is 0.00341. The summed E-state index contributed by atoms with van der Waals surface area (Å²) in [7, 11) is 0. The molecule has 3 rings (SSSR count). The maximum absolute atomic E-state index is 12.6. The number of nitro groups is 1. The smallest absolute Gasteiger partial charge is 0.312 e. The molecule has 0 spiro atoms. The summed E-state index contributed by atoms with van der Waals surface area (Å²) in [5, 5.41) is 20.5. The van der Waals surface area contributed by atoms with E-state index in [-0.39, 0.29) is 27.9 Å². The van der Waals surface area contributed by atoms with Crippen LogP contribution in [-0.2, 0) is 9.59 Å². The van der Waals surface area contributed by atoms with E-state index in [0.717, 1.165) is 42.7 Å². The Morgan fingerprint density at radius 2 is 1.90 bits per heavy atom. The van der Waals surface area contributed by atoms with Crippen molar-refractivity contribution in [2.45, 2.75) is 25.7 Å². The Labute approximate surface area is 175 Å². The van der Waals surface area contributed by atoms with Gasteiger partial charge >= 0.3 is 5.69 Å². The third kappa shape index (κ3) is 4.70. The Kier molecular flexibility index (Phi) is 6.43. The first kappa shape index (κ1) is 21.1. The van der Waals surface area contributed by atoms with E-state index in [9.17, 15) is 29.6 Å². The second kappa shape index (κ2) is 8.83. The van der Waals surface area contributed by atoms with Gasteiger partial charge in [0.15, 0.2) is 0 Å². The number of nitro benzene ring substituents is 1. The Bertz CT molecular complexity index is 911. The van der Waals surface area contributed by atoms with E-state index in [1.807, 2.05) is 0 Å². The normalized spacial score (nSPS) is 19.0. The predicted molar refractivity (Wildman–Crippen MR) is 107 cm³/mol. The number of hydrogen-bond acceptors (Lipinski definition) is 7. The van der Waals surface area contributed by atoms with Crippen LogP contribution in [0.5, 0.6) is 5.75 Å². The van der Waals surface area contributed by atoms with E-state index in [0.29, 0.717) is 24.9 Å². The first-order chi connectivity index (χ1) is 13.8. The first-order valence-electron chi connectivity index (χ1n) is 8.98. The van der Waals surface area contributed by atoms with E-state index in [1.54, 1.807) is 4.90 Å². The molecule has 0 bridgehead atoms. The van der Waals surface area contributed by atoms with E-state index in [2.05, 4.69) is 0 Å². The quantitative estimate of drug-likeness (QED) is 0.433. The molecule has 1 aromatic rings. The number of rotatable bonds is 4. The molecule has 1 aromatic carbocycles. The largest absolute Gasteiger partial charge is 0.502 e. The Balaban J connectivity index is 1.80. The Morgan fingerprint density at radius 3 is 2.52 bits per heavy atom. The number of thioether (sulfide) groups is 1. The molecule has 0 aromatic heterocycles. The molecular formula is C18H18ClN3O6S. The highest BCUT2D eigenvalue weighted by Gasteiger charge is 2.37. The van der Waals surface area contributed by atoms with Gasteiger partial charge in [0.05, 0.1) is 9.83 Å². The lowest BCUT2D eigenvalue weighted by Gasteiger charge is -2.22. The van der Waals surface area contributed by atoms with Crippen LogP contribution in [0.4, 0.5) is 10.5 Å². The summed E-state index contributed by atoms with van der Waals surface area (Å²) in [6.07, 6.45) is 5.03. The zero-order valence-corrected chi connectivity index (χ0v) is 16.9.